The number of amidine groups is 1. The van der Waals surface area contributed by atoms with E-state index in [2.05, 4.69) is 22.0 Å². The minimum atomic E-state index is -0.0160. The van der Waals surface area contributed by atoms with E-state index in [1.807, 2.05) is 47.4 Å². The van der Waals surface area contributed by atoms with E-state index in [0.29, 0.717) is 36.1 Å². The number of ether oxygens (including phenoxy) is 1. The molecule has 0 aromatic heterocycles. The van der Waals surface area contributed by atoms with Crippen LogP contribution in [-0.4, -0.2) is 55.1 Å². The van der Waals surface area contributed by atoms with Gasteiger partial charge < -0.3 is 25.7 Å². The van der Waals surface area contributed by atoms with E-state index in [4.69, 9.17) is 15.9 Å². The lowest BCUT2D eigenvalue weighted by molar-refractivity contribution is -0.133. The van der Waals surface area contributed by atoms with Crippen LogP contribution in [0.5, 0.6) is 5.75 Å². The molecule has 1 heterocycles. The Morgan fingerprint density at radius 3 is 2.18 bits per heavy atom. The van der Waals surface area contributed by atoms with E-state index in [0.717, 1.165) is 24.2 Å². The van der Waals surface area contributed by atoms with Gasteiger partial charge in [0, 0.05) is 48.7 Å². The van der Waals surface area contributed by atoms with Crippen molar-refractivity contribution >= 4 is 28.8 Å². The topological polar surface area (TPSA) is 95.0 Å². The molecule has 1 aliphatic heterocycles. The van der Waals surface area contributed by atoms with Gasteiger partial charge >= 0.3 is 0 Å². The number of hydrogen-bond donors (Lipinski definition) is 2. The second-order valence-corrected chi connectivity index (χ2v) is 8.15. The van der Waals surface area contributed by atoms with Gasteiger partial charge in [0.1, 0.15) is 11.6 Å². The number of piperazine rings is 1. The summed E-state index contributed by atoms with van der Waals surface area (Å²) < 4.78 is 5.72. The summed E-state index contributed by atoms with van der Waals surface area (Å²) in [5.41, 5.74) is 9.98. The number of anilines is 1. The van der Waals surface area contributed by atoms with E-state index < -0.39 is 0 Å². The monoisotopic (exact) mass is 455 g/mol. The molecule has 0 unspecified atom stereocenters. The number of rotatable bonds is 7. The molecular weight excluding hydrogens is 426 g/mol. The fourth-order valence-corrected chi connectivity index (χ4v) is 3.94. The first-order valence-corrected chi connectivity index (χ1v) is 11.3. The highest BCUT2D eigenvalue weighted by Gasteiger charge is 2.21. The maximum atomic E-state index is 12.6. The predicted molar refractivity (Wildman–Crippen MR) is 137 cm³/mol. The van der Waals surface area contributed by atoms with Crippen molar-refractivity contribution in [3.63, 3.8) is 0 Å². The number of carbonyl (C=O) groups is 1. The predicted octanol–water partition coefficient (Wildman–Crippen LogP) is 3.84. The number of nitrogens with two attached hydrogens (primary N) is 1. The van der Waals surface area contributed by atoms with Gasteiger partial charge in [0.2, 0.25) is 0 Å². The zero-order chi connectivity index (χ0) is 23.9. The molecule has 1 fully saturated rings. The summed E-state index contributed by atoms with van der Waals surface area (Å²) in [5, 5.41) is 7.92. The van der Waals surface area contributed by atoms with Crippen LogP contribution in [-0.2, 0) is 4.79 Å². The average Bonchev–Trinajstić information content (AvgIpc) is 2.88. The number of nitrogens with one attached hydrogen (secondary N) is 1. The molecular formula is C27H29N5O2. The summed E-state index contributed by atoms with van der Waals surface area (Å²) >= 11 is 0. The van der Waals surface area contributed by atoms with Crippen molar-refractivity contribution in [2.24, 2.45) is 10.7 Å². The molecule has 3 aromatic rings. The molecule has 0 radical (unpaired) electrons. The highest BCUT2D eigenvalue weighted by molar-refractivity contribution is 6.10. The molecule has 1 amide bonds. The Balaban J connectivity index is 1.30. The van der Waals surface area contributed by atoms with Gasteiger partial charge in [-0.3, -0.25) is 4.79 Å². The molecule has 7 heteroatoms. The summed E-state index contributed by atoms with van der Waals surface area (Å²) in [6.45, 7) is 4.71. The van der Waals surface area contributed by atoms with E-state index >= 15 is 0 Å². The molecule has 0 atom stereocenters. The Bertz CT molecular complexity index is 1170. The Morgan fingerprint density at radius 1 is 0.912 bits per heavy atom. The van der Waals surface area contributed by atoms with Crippen LogP contribution in [0.25, 0.3) is 0 Å². The second kappa shape index (κ2) is 10.7. The third kappa shape index (κ3) is 5.61. The summed E-state index contributed by atoms with van der Waals surface area (Å²) in [5.74, 6) is 0.933. The number of carbonyl (C=O) groups excluding carboxylic acids is 1. The third-order valence-electron chi connectivity index (χ3n) is 5.81. The summed E-state index contributed by atoms with van der Waals surface area (Å²) in [6.07, 6.45) is 0. The van der Waals surface area contributed by atoms with Crippen molar-refractivity contribution in [3.05, 3.63) is 90.0 Å². The molecule has 174 valence electrons. The van der Waals surface area contributed by atoms with Crippen LogP contribution in [0.1, 0.15) is 18.1 Å². The molecule has 3 aromatic carbocycles. The summed E-state index contributed by atoms with van der Waals surface area (Å²) in [4.78, 5) is 21.2. The largest absolute Gasteiger partial charge is 0.484 e. The van der Waals surface area contributed by atoms with Gasteiger partial charge in [-0.1, -0.05) is 42.5 Å². The van der Waals surface area contributed by atoms with Gasteiger partial charge in [-0.15, -0.1) is 0 Å². The van der Waals surface area contributed by atoms with Crippen LogP contribution >= 0.6 is 0 Å². The lowest BCUT2D eigenvalue weighted by Crippen LogP contribution is -2.50. The smallest absolute Gasteiger partial charge is 0.260 e. The number of nitrogens with zero attached hydrogens (tertiary/aromatic N) is 3. The number of aliphatic imine (C=N–C) groups is 1. The molecule has 0 spiro atoms. The molecule has 34 heavy (non-hydrogen) atoms. The van der Waals surface area contributed by atoms with Crippen LogP contribution in [0.2, 0.25) is 0 Å². The van der Waals surface area contributed by atoms with Crippen LogP contribution in [0.4, 0.5) is 11.4 Å². The van der Waals surface area contributed by atoms with Crippen LogP contribution < -0.4 is 15.4 Å². The van der Waals surface area contributed by atoms with Crippen molar-refractivity contribution in [1.29, 1.82) is 5.41 Å². The molecule has 1 aliphatic rings. The van der Waals surface area contributed by atoms with E-state index in [9.17, 15) is 4.79 Å². The van der Waals surface area contributed by atoms with Crippen molar-refractivity contribution in [2.75, 3.05) is 37.7 Å². The van der Waals surface area contributed by atoms with Gasteiger partial charge in [0.25, 0.3) is 5.91 Å². The third-order valence-corrected chi connectivity index (χ3v) is 5.81. The quantitative estimate of drug-likeness (QED) is 0.418. The van der Waals surface area contributed by atoms with Gasteiger partial charge in [-0.25, -0.2) is 4.99 Å². The number of para-hydroxylation sites is 1. The van der Waals surface area contributed by atoms with Gasteiger partial charge in [-0.2, -0.15) is 0 Å². The Hall–Kier alpha value is -4.13. The lowest BCUT2D eigenvalue weighted by atomic mass is 10.0. The maximum absolute atomic E-state index is 12.6. The van der Waals surface area contributed by atoms with Gasteiger partial charge in [0.15, 0.2) is 6.61 Å². The van der Waals surface area contributed by atoms with Crippen molar-refractivity contribution in [2.45, 2.75) is 6.92 Å². The minimum absolute atomic E-state index is 0.00206. The molecule has 0 saturated carbocycles. The second-order valence-electron chi connectivity index (χ2n) is 8.15. The zero-order valence-electron chi connectivity index (χ0n) is 19.3. The number of amides is 1. The molecule has 3 N–H and O–H groups in total. The highest BCUT2D eigenvalue weighted by Crippen LogP contribution is 2.20. The lowest BCUT2D eigenvalue weighted by Gasteiger charge is -2.36. The number of benzene rings is 3. The van der Waals surface area contributed by atoms with Crippen molar-refractivity contribution < 1.29 is 9.53 Å². The SMILES string of the molecule is CC(=N)c1ccccc1C(N)=Nc1ccc(OCC(=O)N2CCN(c3ccccc3)CC2)cc1. The van der Waals surface area contributed by atoms with Crippen LogP contribution in [0.15, 0.2) is 83.9 Å². The van der Waals surface area contributed by atoms with Crippen molar-refractivity contribution in [1.82, 2.24) is 4.90 Å². The average molecular weight is 456 g/mol. The molecule has 4 rings (SSSR count). The molecule has 7 nitrogen and oxygen atoms in total. The van der Waals surface area contributed by atoms with Crippen molar-refractivity contribution in [3.8, 4) is 5.75 Å². The standard InChI is InChI=1S/C27H29N5O2/c1-20(28)24-9-5-6-10-25(24)27(29)30-21-11-13-23(14-12-21)34-19-26(33)32-17-15-31(16-18-32)22-7-3-2-4-8-22/h2-14,28H,15-19H2,1H3,(H2,29,30). The first kappa shape index (κ1) is 23.0. The van der Waals surface area contributed by atoms with Gasteiger partial charge in [-0.05, 0) is 43.3 Å². The zero-order valence-corrected chi connectivity index (χ0v) is 19.3. The number of hydrogen-bond acceptors (Lipinski definition) is 5. The summed E-state index contributed by atoms with van der Waals surface area (Å²) in [7, 11) is 0. The summed E-state index contributed by atoms with van der Waals surface area (Å²) in [6, 6.07) is 24.9. The molecule has 0 aliphatic carbocycles. The maximum Gasteiger partial charge on any atom is 0.260 e. The van der Waals surface area contributed by atoms with Gasteiger partial charge in [0.05, 0.1) is 5.69 Å². The van der Waals surface area contributed by atoms with E-state index in [-0.39, 0.29) is 12.5 Å². The highest BCUT2D eigenvalue weighted by atomic mass is 16.5. The molecule has 0 bridgehead atoms. The molecule has 1 saturated heterocycles. The van der Waals surface area contributed by atoms with E-state index in [1.54, 1.807) is 31.2 Å². The fourth-order valence-electron chi connectivity index (χ4n) is 3.94. The Kier molecular flexibility index (Phi) is 7.22. The Labute approximate surface area is 200 Å². The Morgan fingerprint density at radius 2 is 1.53 bits per heavy atom. The fraction of sp³-hybridized carbons (Fsp3) is 0.222. The van der Waals surface area contributed by atoms with Crippen LogP contribution in [0.3, 0.4) is 0 Å². The normalized spacial score (nSPS) is 14.1. The first-order chi connectivity index (χ1) is 16.5. The van der Waals surface area contributed by atoms with E-state index in [1.165, 1.54) is 5.69 Å². The minimum Gasteiger partial charge on any atom is -0.484 e. The first-order valence-electron chi connectivity index (χ1n) is 11.3. The van der Waals surface area contributed by atoms with Crippen LogP contribution in [0, 0.1) is 5.41 Å².